The van der Waals surface area contributed by atoms with Gasteiger partial charge in [0.25, 0.3) is 0 Å². The zero-order valence-electron chi connectivity index (χ0n) is 17.4. The van der Waals surface area contributed by atoms with Crippen LogP contribution in [0.4, 0.5) is 5.69 Å². The molecule has 158 valence electrons. The van der Waals surface area contributed by atoms with Gasteiger partial charge in [0, 0.05) is 27.2 Å². The molecule has 1 amide bonds. The molecule has 1 aliphatic carbocycles. The number of benzene rings is 2. The van der Waals surface area contributed by atoms with Crippen LogP contribution in [0.15, 0.2) is 39.2 Å². The summed E-state index contributed by atoms with van der Waals surface area (Å²) in [6, 6.07) is 8.89. The molecular weight excluding hydrogens is 446 g/mol. The highest BCUT2D eigenvalue weighted by molar-refractivity contribution is 9.10. The van der Waals surface area contributed by atoms with Crippen LogP contribution in [0.25, 0.3) is 21.9 Å². The van der Waals surface area contributed by atoms with Gasteiger partial charge in [0.15, 0.2) is 0 Å². The van der Waals surface area contributed by atoms with Crippen molar-refractivity contribution < 1.29 is 19.1 Å². The van der Waals surface area contributed by atoms with Crippen LogP contribution in [-0.4, -0.2) is 23.0 Å². The minimum Gasteiger partial charge on any atom is -0.478 e. The van der Waals surface area contributed by atoms with E-state index in [-0.39, 0.29) is 23.4 Å². The number of hydrogen-bond donors (Lipinski definition) is 1. The molecule has 0 atom stereocenters. The summed E-state index contributed by atoms with van der Waals surface area (Å²) < 4.78 is 6.81. The van der Waals surface area contributed by atoms with Gasteiger partial charge in [-0.3, -0.25) is 4.79 Å². The molecule has 4 rings (SSSR count). The third kappa shape index (κ3) is 3.73. The number of fused-ring (bicyclic) bond motifs is 3. The summed E-state index contributed by atoms with van der Waals surface area (Å²) in [5.74, 6) is -0.462. The number of carboxylic acids is 1. The van der Waals surface area contributed by atoms with Crippen molar-refractivity contribution >= 4 is 55.4 Å². The fourth-order valence-corrected chi connectivity index (χ4v) is 4.87. The van der Waals surface area contributed by atoms with Crippen molar-refractivity contribution in [3.8, 4) is 0 Å². The molecule has 0 aliphatic heterocycles. The molecule has 6 heteroatoms. The van der Waals surface area contributed by atoms with Crippen molar-refractivity contribution in [2.24, 2.45) is 11.8 Å². The molecule has 2 aromatic carbocycles. The largest absolute Gasteiger partial charge is 0.478 e. The third-order valence-electron chi connectivity index (χ3n) is 6.16. The van der Waals surface area contributed by atoms with Crippen LogP contribution in [0, 0.1) is 11.8 Å². The summed E-state index contributed by atoms with van der Waals surface area (Å²) in [5, 5.41) is 11.6. The Kier molecular flexibility index (Phi) is 5.62. The van der Waals surface area contributed by atoms with E-state index in [1.165, 1.54) is 0 Å². The number of furan rings is 1. The number of amides is 1. The molecule has 1 heterocycles. The number of nitrogens with zero attached hydrogens (tertiary/aromatic N) is 1. The number of carbonyl (C=O) groups is 2. The molecule has 1 aliphatic rings. The van der Waals surface area contributed by atoms with Crippen LogP contribution in [0.5, 0.6) is 0 Å². The van der Waals surface area contributed by atoms with Crippen molar-refractivity contribution in [1.29, 1.82) is 0 Å². The first-order valence-electron chi connectivity index (χ1n) is 10.5. The van der Waals surface area contributed by atoms with Gasteiger partial charge >= 0.3 is 5.97 Å². The summed E-state index contributed by atoms with van der Waals surface area (Å²) in [6.07, 6.45) is 3.78. The fourth-order valence-electron chi connectivity index (χ4n) is 4.51. The number of carboxylic acid groups (broad SMARTS) is 1. The zero-order valence-corrected chi connectivity index (χ0v) is 19.0. The van der Waals surface area contributed by atoms with E-state index in [4.69, 9.17) is 4.42 Å². The molecular formula is C24H26BrNO4. The zero-order chi connectivity index (χ0) is 21.6. The molecule has 1 aromatic heterocycles. The van der Waals surface area contributed by atoms with Crippen molar-refractivity contribution in [2.45, 2.75) is 52.5 Å². The van der Waals surface area contributed by atoms with E-state index < -0.39 is 5.97 Å². The van der Waals surface area contributed by atoms with Gasteiger partial charge in [-0.25, -0.2) is 4.79 Å². The SMILES string of the molecule is CC1CCC(C(=O)N(c2cc3c(cc2C(=O)O)oc2ccc(Br)cc23)C(C)C)CC1. The normalized spacial score (nSPS) is 19.5. The highest BCUT2D eigenvalue weighted by Gasteiger charge is 2.32. The molecule has 0 radical (unpaired) electrons. The lowest BCUT2D eigenvalue weighted by molar-refractivity contribution is -0.123. The maximum atomic E-state index is 13.5. The number of hydrogen-bond acceptors (Lipinski definition) is 3. The summed E-state index contributed by atoms with van der Waals surface area (Å²) in [5.41, 5.74) is 1.72. The van der Waals surface area contributed by atoms with Gasteiger partial charge in [-0.1, -0.05) is 22.9 Å². The molecule has 3 aromatic rings. The first kappa shape index (κ1) is 20.9. The molecule has 0 saturated heterocycles. The molecule has 0 unspecified atom stereocenters. The lowest BCUT2D eigenvalue weighted by atomic mass is 9.82. The topological polar surface area (TPSA) is 70.8 Å². The highest BCUT2D eigenvalue weighted by atomic mass is 79.9. The lowest BCUT2D eigenvalue weighted by Crippen LogP contribution is -2.42. The van der Waals surface area contributed by atoms with Gasteiger partial charge in [-0.15, -0.1) is 0 Å². The smallest absolute Gasteiger partial charge is 0.337 e. The van der Waals surface area contributed by atoms with Crippen LogP contribution < -0.4 is 4.90 Å². The fraction of sp³-hybridized carbons (Fsp3) is 0.417. The van der Waals surface area contributed by atoms with Crippen LogP contribution in [0.2, 0.25) is 0 Å². The van der Waals surface area contributed by atoms with Crippen LogP contribution in [0.1, 0.15) is 56.8 Å². The lowest BCUT2D eigenvalue weighted by Gasteiger charge is -2.34. The van der Waals surface area contributed by atoms with Gasteiger partial charge in [-0.05, 0) is 75.8 Å². The minimum absolute atomic E-state index is 0.0210. The number of halogens is 1. The standard InChI is InChI=1S/C24H26BrNO4/c1-13(2)26(23(27)15-6-4-14(3)5-7-15)20-11-18-17-10-16(25)8-9-21(17)30-22(18)12-19(20)24(28)29/h8-15H,4-7H2,1-3H3,(H,28,29). The van der Waals surface area contributed by atoms with Gasteiger partial charge in [0.1, 0.15) is 11.2 Å². The summed E-state index contributed by atoms with van der Waals surface area (Å²) >= 11 is 3.49. The highest BCUT2D eigenvalue weighted by Crippen LogP contribution is 2.38. The van der Waals surface area contributed by atoms with Crippen molar-refractivity contribution in [2.75, 3.05) is 4.90 Å². The van der Waals surface area contributed by atoms with E-state index in [0.717, 1.165) is 40.9 Å². The average Bonchev–Trinajstić information content (AvgIpc) is 3.04. The monoisotopic (exact) mass is 471 g/mol. The van der Waals surface area contributed by atoms with Crippen LogP contribution in [-0.2, 0) is 4.79 Å². The van der Waals surface area contributed by atoms with E-state index in [9.17, 15) is 14.7 Å². The van der Waals surface area contributed by atoms with E-state index in [1.807, 2.05) is 32.0 Å². The minimum atomic E-state index is -1.07. The maximum Gasteiger partial charge on any atom is 0.337 e. The predicted molar refractivity (Wildman–Crippen MR) is 122 cm³/mol. The van der Waals surface area contributed by atoms with Gasteiger partial charge in [0.05, 0.1) is 11.3 Å². The number of aromatic carboxylic acids is 1. The van der Waals surface area contributed by atoms with Gasteiger partial charge < -0.3 is 14.4 Å². The number of carbonyl (C=O) groups excluding carboxylic acids is 1. The Morgan fingerprint density at radius 3 is 2.37 bits per heavy atom. The Hall–Kier alpha value is -2.34. The molecule has 30 heavy (non-hydrogen) atoms. The van der Waals surface area contributed by atoms with E-state index in [0.29, 0.717) is 22.8 Å². The first-order valence-corrected chi connectivity index (χ1v) is 11.3. The Balaban J connectivity index is 1.87. The predicted octanol–water partition coefficient (Wildman–Crippen LogP) is 6.61. The summed E-state index contributed by atoms with van der Waals surface area (Å²) in [4.78, 5) is 27.3. The second kappa shape index (κ2) is 8.06. The molecule has 1 saturated carbocycles. The Labute approximate surface area is 184 Å². The average molecular weight is 472 g/mol. The number of anilines is 1. The number of rotatable bonds is 4. The van der Waals surface area contributed by atoms with Crippen LogP contribution in [0.3, 0.4) is 0 Å². The molecule has 1 fully saturated rings. The second-order valence-corrected chi connectivity index (χ2v) is 9.59. The Morgan fingerprint density at radius 2 is 1.73 bits per heavy atom. The van der Waals surface area contributed by atoms with Crippen molar-refractivity contribution in [3.05, 3.63) is 40.4 Å². The van der Waals surface area contributed by atoms with Crippen molar-refractivity contribution in [3.63, 3.8) is 0 Å². The van der Waals surface area contributed by atoms with Crippen molar-refractivity contribution in [1.82, 2.24) is 0 Å². The first-order chi connectivity index (χ1) is 14.3. The quantitative estimate of drug-likeness (QED) is 0.464. The summed E-state index contributed by atoms with van der Waals surface area (Å²) in [6.45, 7) is 6.09. The maximum absolute atomic E-state index is 13.5. The second-order valence-electron chi connectivity index (χ2n) is 8.67. The van der Waals surface area contributed by atoms with Gasteiger partial charge in [-0.2, -0.15) is 0 Å². The Morgan fingerprint density at radius 1 is 1.07 bits per heavy atom. The molecule has 1 N–H and O–H groups in total. The van der Waals surface area contributed by atoms with E-state index >= 15 is 0 Å². The molecule has 5 nitrogen and oxygen atoms in total. The summed E-state index contributed by atoms with van der Waals surface area (Å²) in [7, 11) is 0. The third-order valence-corrected chi connectivity index (χ3v) is 6.65. The molecule has 0 spiro atoms. The van der Waals surface area contributed by atoms with Crippen LogP contribution >= 0.6 is 15.9 Å². The molecule has 0 bridgehead atoms. The Bertz CT molecular complexity index is 1130. The van der Waals surface area contributed by atoms with E-state index in [2.05, 4.69) is 22.9 Å². The van der Waals surface area contributed by atoms with Gasteiger partial charge in [0.2, 0.25) is 5.91 Å². The van der Waals surface area contributed by atoms with E-state index in [1.54, 1.807) is 17.0 Å².